The fraction of sp³-hybridized carbons (Fsp3) is 0.235. The smallest absolute Gasteiger partial charge is 0.260 e. The maximum absolute atomic E-state index is 12.1. The molecule has 0 saturated carbocycles. The van der Waals surface area contributed by atoms with Gasteiger partial charge < -0.3 is 9.64 Å². The number of likely N-dealkylation sites (N-methyl/N-ethyl adjacent to an activating group) is 1. The normalized spacial score (nSPS) is 10.2. The van der Waals surface area contributed by atoms with Gasteiger partial charge in [0.05, 0.1) is 4.47 Å². The van der Waals surface area contributed by atoms with Crippen molar-refractivity contribution < 1.29 is 9.53 Å². The van der Waals surface area contributed by atoms with Crippen LogP contribution >= 0.6 is 15.9 Å². The van der Waals surface area contributed by atoms with Gasteiger partial charge in [0.2, 0.25) is 0 Å². The van der Waals surface area contributed by atoms with Gasteiger partial charge in [-0.05, 0) is 46.1 Å². The summed E-state index contributed by atoms with van der Waals surface area (Å²) in [5.74, 6) is 0.629. The third-order valence-electron chi connectivity index (χ3n) is 3.28. The molecule has 0 radical (unpaired) electrons. The van der Waals surface area contributed by atoms with Gasteiger partial charge in [-0.2, -0.15) is 0 Å². The number of halogens is 1. The first kappa shape index (κ1) is 15.6. The molecule has 0 fully saturated rings. The summed E-state index contributed by atoms with van der Waals surface area (Å²) in [4.78, 5) is 13.8. The molecule has 0 heterocycles. The minimum Gasteiger partial charge on any atom is -0.483 e. The second-order valence-electron chi connectivity index (χ2n) is 4.90. The highest BCUT2D eigenvalue weighted by molar-refractivity contribution is 9.10. The molecule has 2 rings (SSSR count). The third-order valence-corrected chi connectivity index (χ3v) is 3.94. The standard InChI is InChI=1S/C17H18BrNO2/c1-13-7-3-4-8-14(13)11-19(2)17(20)12-21-16-10-6-5-9-15(16)18/h3-10H,11-12H2,1-2H3. The molecule has 1 amide bonds. The van der Waals surface area contributed by atoms with E-state index in [0.717, 1.165) is 10.0 Å². The van der Waals surface area contributed by atoms with Crippen molar-refractivity contribution in [3.05, 3.63) is 64.1 Å². The Hall–Kier alpha value is -1.81. The third kappa shape index (κ3) is 4.33. The highest BCUT2D eigenvalue weighted by Crippen LogP contribution is 2.23. The van der Waals surface area contributed by atoms with Crippen LogP contribution < -0.4 is 4.74 Å². The van der Waals surface area contributed by atoms with Crippen LogP contribution in [0.15, 0.2) is 53.0 Å². The van der Waals surface area contributed by atoms with Gasteiger partial charge in [-0.3, -0.25) is 4.79 Å². The lowest BCUT2D eigenvalue weighted by molar-refractivity contribution is -0.132. The van der Waals surface area contributed by atoms with Crippen LogP contribution in [0.1, 0.15) is 11.1 Å². The van der Waals surface area contributed by atoms with E-state index in [-0.39, 0.29) is 12.5 Å². The number of benzene rings is 2. The van der Waals surface area contributed by atoms with Crippen LogP contribution in [0.3, 0.4) is 0 Å². The van der Waals surface area contributed by atoms with Crippen LogP contribution in [0.4, 0.5) is 0 Å². The lowest BCUT2D eigenvalue weighted by Gasteiger charge is -2.19. The quantitative estimate of drug-likeness (QED) is 0.823. The largest absolute Gasteiger partial charge is 0.483 e. The van der Waals surface area contributed by atoms with Crippen LogP contribution in [0.2, 0.25) is 0 Å². The highest BCUT2D eigenvalue weighted by atomic mass is 79.9. The van der Waals surface area contributed by atoms with E-state index in [4.69, 9.17) is 4.74 Å². The predicted molar refractivity (Wildman–Crippen MR) is 87.3 cm³/mol. The monoisotopic (exact) mass is 347 g/mol. The first-order valence-corrected chi connectivity index (χ1v) is 7.53. The minimum absolute atomic E-state index is 0.0327. The Morgan fingerprint density at radius 2 is 1.81 bits per heavy atom. The van der Waals surface area contributed by atoms with Crippen molar-refractivity contribution in [2.75, 3.05) is 13.7 Å². The van der Waals surface area contributed by atoms with Crippen molar-refractivity contribution in [1.82, 2.24) is 4.90 Å². The average Bonchev–Trinajstić information content (AvgIpc) is 2.48. The predicted octanol–water partition coefficient (Wildman–Crippen LogP) is 3.79. The zero-order valence-corrected chi connectivity index (χ0v) is 13.8. The fourth-order valence-electron chi connectivity index (χ4n) is 1.94. The number of para-hydroxylation sites is 1. The van der Waals surface area contributed by atoms with Crippen LogP contribution in [-0.4, -0.2) is 24.5 Å². The van der Waals surface area contributed by atoms with Gasteiger partial charge >= 0.3 is 0 Å². The Morgan fingerprint density at radius 1 is 1.14 bits per heavy atom. The summed E-state index contributed by atoms with van der Waals surface area (Å²) in [5, 5.41) is 0. The van der Waals surface area contributed by atoms with Crippen molar-refractivity contribution in [2.24, 2.45) is 0 Å². The number of hydrogen-bond donors (Lipinski definition) is 0. The molecule has 0 spiro atoms. The molecule has 3 nitrogen and oxygen atoms in total. The molecule has 0 aliphatic carbocycles. The van der Waals surface area contributed by atoms with Gasteiger partial charge in [-0.25, -0.2) is 0 Å². The van der Waals surface area contributed by atoms with Crippen LogP contribution in [0.5, 0.6) is 5.75 Å². The van der Waals surface area contributed by atoms with Gasteiger partial charge in [0.1, 0.15) is 5.75 Å². The number of rotatable bonds is 5. The number of hydrogen-bond acceptors (Lipinski definition) is 2. The molecule has 0 atom stereocenters. The van der Waals surface area contributed by atoms with Crippen LogP contribution in [0, 0.1) is 6.92 Å². The number of carbonyl (C=O) groups excluding carboxylic acids is 1. The van der Waals surface area contributed by atoms with E-state index in [2.05, 4.69) is 15.9 Å². The lowest BCUT2D eigenvalue weighted by Crippen LogP contribution is -2.31. The zero-order valence-electron chi connectivity index (χ0n) is 12.2. The number of aryl methyl sites for hydroxylation is 1. The summed E-state index contributed by atoms with van der Waals surface area (Å²) < 4.78 is 6.40. The minimum atomic E-state index is -0.0472. The molecular formula is C17H18BrNO2. The Bertz CT molecular complexity index is 628. The second kappa shape index (κ2) is 7.27. The summed E-state index contributed by atoms with van der Waals surface area (Å²) in [6.45, 7) is 2.67. The SMILES string of the molecule is Cc1ccccc1CN(C)C(=O)COc1ccccc1Br. The molecule has 2 aromatic carbocycles. The summed E-state index contributed by atoms with van der Waals surface area (Å²) in [5.41, 5.74) is 2.33. The van der Waals surface area contributed by atoms with Gasteiger partial charge in [0, 0.05) is 13.6 Å². The fourth-order valence-corrected chi connectivity index (χ4v) is 2.34. The van der Waals surface area contributed by atoms with Crippen molar-refractivity contribution >= 4 is 21.8 Å². The van der Waals surface area contributed by atoms with Crippen LogP contribution in [0.25, 0.3) is 0 Å². The average molecular weight is 348 g/mol. The number of nitrogens with zero attached hydrogens (tertiary/aromatic N) is 1. The Labute approximate surface area is 133 Å². The number of ether oxygens (including phenoxy) is 1. The molecule has 0 aliphatic heterocycles. The summed E-state index contributed by atoms with van der Waals surface area (Å²) >= 11 is 3.40. The summed E-state index contributed by atoms with van der Waals surface area (Å²) in [7, 11) is 1.79. The second-order valence-corrected chi connectivity index (χ2v) is 5.75. The van der Waals surface area contributed by atoms with Crippen molar-refractivity contribution in [2.45, 2.75) is 13.5 Å². The molecule has 110 valence electrons. The molecule has 0 unspecified atom stereocenters. The van der Waals surface area contributed by atoms with Gasteiger partial charge in [0.25, 0.3) is 5.91 Å². The summed E-state index contributed by atoms with van der Waals surface area (Å²) in [6.07, 6.45) is 0. The van der Waals surface area contributed by atoms with Crippen molar-refractivity contribution in [3.63, 3.8) is 0 Å². The molecule has 0 saturated heterocycles. The Morgan fingerprint density at radius 3 is 2.52 bits per heavy atom. The van der Waals surface area contributed by atoms with Gasteiger partial charge in [-0.1, -0.05) is 36.4 Å². The first-order valence-electron chi connectivity index (χ1n) is 6.73. The molecule has 21 heavy (non-hydrogen) atoms. The molecule has 0 bridgehead atoms. The molecular weight excluding hydrogens is 330 g/mol. The molecule has 0 aromatic heterocycles. The topological polar surface area (TPSA) is 29.5 Å². The zero-order chi connectivity index (χ0) is 15.2. The maximum atomic E-state index is 12.1. The van der Waals surface area contributed by atoms with Crippen molar-refractivity contribution in [1.29, 1.82) is 0 Å². The van der Waals surface area contributed by atoms with Crippen LogP contribution in [-0.2, 0) is 11.3 Å². The van der Waals surface area contributed by atoms with E-state index >= 15 is 0 Å². The maximum Gasteiger partial charge on any atom is 0.260 e. The van der Waals surface area contributed by atoms with E-state index in [1.807, 2.05) is 55.5 Å². The van der Waals surface area contributed by atoms with E-state index in [1.54, 1.807) is 11.9 Å². The van der Waals surface area contributed by atoms with E-state index < -0.39 is 0 Å². The first-order chi connectivity index (χ1) is 10.1. The van der Waals surface area contributed by atoms with Crippen molar-refractivity contribution in [3.8, 4) is 5.75 Å². The highest BCUT2D eigenvalue weighted by Gasteiger charge is 2.12. The van der Waals surface area contributed by atoms with E-state index in [1.165, 1.54) is 5.56 Å². The molecule has 4 heteroatoms. The summed E-state index contributed by atoms with van der Waals surface area (Å²) in [6, 6.07) is 15.6. The molecule has 0 aliphatic rings. The molecule has 2 aromatic rings. The number of carbonyl (C=O) groups is 1. The Balaban J connectivity index is 1.91. The number of amides is 1. The lowest BCUT2D eigenvalue weighted by atomic mass is 10.1. The van der Waals surface area contributed by atoms with Gasteiger partial charge in [0.15, 0.2) is 6.61 Å². The Kier molecular flexibility index (Phi) is 5.39. The van der Waals surface area contributed by atoms with E-state index in [0.29, 0.717) is 12.3 Å². The molecule has 0 N–H and O–H groups in total. The van der Waals surface area contributed by atoms with Gasteiger partial charge in [-0.15, -0.1) is 0 Å². The van der Waals surface area contributed by atoms with E-state index in [9.17, 15) is 4.79 Å².